The minimum absolute atomic E-state index is 0.00597. The van der Waals surface area contributed by atoms with Gasteiger partial charge in [0.25, 0.3) is 0 Å². The second-order valence-electron chi connectivity index (χ2n) is 6.79. The van der Waals surface area contributed by atoms with Crippen LogP contribution in [0, 0.1) is 12.3 Å². The summed E-state index contributed by atoms with van der Waals surface area (Å²) in [4.78, 5) is 0. The Morgan fingerprint density at radius 3 is 2.38 bits per heavy atom. The van der Waals surface area contributed by atoms with E-state index in [9.17, 15) is 0 Å². The summed E-state index contributed by atoms with van der Waals surface area (Å²) in [6.45, 7) is 8.82. The summed E-state index contributed by atoms with van der Waals surface area (Å²) >= 11 is 5.96. The lowest BCUT2D eigenvalue weighted by atomic mass is 9.82. The van der Waals surface area contributed by atoms with Gasteiger partial charge in [-0.2, -0.15) is 0 Å². The molecule has 1 aromatic carbocycles. The fraction of sp³-hybridized carbons (Fsp3) is 0.529. The van der Waals surface area contributed by atoms with Crippen molar-refractivity contribution in [2.24, 2.45) is 10.3 Å². The van der Waals surface area contributed by atoms with Crippen molar-refractivity contribution in [1.29, 1.82) is 0 Å². The van der Waals surface area contributed by atoms with E-state index >= 15 is 0 Å². The zero-order valence-corrected chi connectivity index (χ0v) is 13.9. The van der Waals surface area contributed by atoms with Gasteiger partial charge in [0, 0.05) is 5.02 Å². The summed E-state index contributed by atoms with van der Waals surface area (Å²) in [5.74, 6) is 2.61. The third kappa shape index (κ3) is 3.39. The molecular formula is C17H22ClN3. The molecule has 1 aliphatic rings. The lowest BCUT2D eigenvalue weighted by Gasteiger charge is -2.50. The highest BCUT2D eigenvalue weighted by Gasteiger charge is 2.41. The number of nitrogens with zero attached hydrogens (tertiary/aromatic N) is 3. The van der Waals surface area contributed by atoms with Crippen LogP contribution in [-0.2, 0) is 0 Å². The topological polar surface area (TPSA) is 28.0 Å². The molecule has 2 rings (SSSR count). The zero-order chi connectivity index (χ0) is 15.7. The molecule has 0 atom stereocenters. The second kappa shape index (κ2) is 5.69. The molecule has 0 unspecified atom stereocenters. The summed E-state index contributed by atoms with van der Waals surface area (Å²) in [5, 5.41) is 11.6. The Morgan fingerprint density at radius 1 is 1.19 bits per heavy atom. The molecule has 0 N–H and O–H groups in total. The number of halogens is 1. The second-order valence-corrected chi connectivity index (χ2v) is 7.22. The van der Waals surface area contributed by atoms with Crippen molar-refractivity contribution in [3.63, 3.8) is 0 Å². The largest absolute Gasteiger partial charge is 0.267 e. The maximum Gasteiger partial charge on any atom is 0.103 e. The van der Waals surface area contributed by atoms with Crippen molar-refractivity contribution in [2.45, 2.75) is 58.0 Å². The normalized spacial score (nSPS) is 20.5. The van der Waals surface area contributed by atoms with Crippen LogP contribution in [0.4, 0.5) is 5.69 Å². The van der Waals surface area contributed by atoms with Crippen LogP contribution in [0.5, 0.6) is 0 Å². The first-order chi connectivity index (χ1) is 9.76. The Kier molecular flexibility index (Phi) is 4.30. The van der Waals surface area contributed by atoms with Gasteiger partial charge in [0.2, 0.25) is 0 Å². The molecule has 0 bridgehead atoms. The third-order valence-corrected chi connectivity index (χ3v) is 4.32. The van der Waals surface area contributed by atoms with Crippen LogP contribution in [0.1, 0.15) is 52.5 Å². The maximum atomic E-state index is 5.96. The predicted octanol–water partition coefficient (Wildman–Crippen LogP) is 5.36. The van der Waals surface area contributed by atoms with E-state index < -0.39 is 0 Å². The van der Waals surface area contributed by atoms with Crippen LogP contribution in [0.15, 0.2) is 28.5 Å². The van der Waals surface area contributed by atoms with Crippen LogP contribution in [-0.4, -0.2) is 16.1 Å². The number of piperidine rings is 1. The molecule has 0 radical (unpaired) electrons. The van der Waals surface area contributed by atoms with Crippen molar-refractivity contribution < 1.29 is 0 Å². The molecule has 1 saturated heterocycles. The van der Waals surface area contributed by atoms with Gasteiger partial charge in [0.05, 0.1) is 16.6 Å². The standard InChI is InChI=1S/C17H22ClN3/c1-6-13-12-14(18)8-9-15(13)19-20-21-16(2,3)10-7-11-17(21,4)5/h1,8-9,12H,7,10-11H2,2-5H3. The van der Waals surface area contributed by atoms with Gasteiger partial charge < -0.3 is 0 Å². The van der Waals surface area contributed by atoms with E-state index in [4.69, 9.17) is 18.0 Å². The summed E-state index contributed by atoms with van der Waals surface area (Å²) in [7, 11) is 0. The van der Waals surface area contributed by atoms with Gasteiger partial charge in [0.1, 0.15) is 5.69 Å². The van der Waals surface area contributed by atoms with Gasteiger partial charge in [-0.25, -0.2) is 0 Å². The molecule has 0 aliphatic carbocycles. The molecule has 1 aromatic rings. The minimum Gasteiger partial charge on any atom is -0.267 e. The van der Waals surface area contributed by atoms with Crippen LogP contribution in [0.2, 0.25) is 5.02 Å². The van der Waals surface area contributed by atoms with E-state index in [0.717, 1.165) is 12.8 Å². The lowest BCUT2D eigenvalue weighted by molar-refractivity contribution is -0.0318. The maximum absolute atomic E-state index is 5.96. The van der Waals surface area contributed by atoms with Gasteiger partial charge in [-0.1, -0.05) is 22.7 Å². The van der Waals surface area contributed by atoms with Crippen molar-refractivity contribution >= 4 is 17.3 Å². The molecule has 1 heterocycles. The van der Waals surface area contributed by atoms with Crippen molar-refractivity contribution in [1.82, 2.24) is 5.01 Å². The van der Waals surface area contributed by atoms with Crippen molar-refractivity contribution in [2.75, 3.05) is 0 Å². The molecule has 1 fully saturated rings. The van der Waals surface area contributed by atoms with Crippen LogP contribution < -0.4 is 0 Å². The quantitative estimate of drug-likeness (QED) is 0.533. The smallest absolute Gasteiger partial charge is 0.103 e. The highest BCUT2D eigenvalue weighted by atomic mass is 35.5. The minimum atomic E-state index is -0.00597. The van der Waals surface area contributed by atoms with Crippen LogP contribution in [0.25, 0.3) is 0 Å². The average Bonchev–Trinajstić information content (AvgIpc) is 2.38. The fourth-order valence-electron chi connectivity index (χ4n) is 3.03. The summed E-state index contributed by atoms with van der Waals surface area (Å²) < 4.78 is 0. The molecule has 21 heavy (non-hydrogen) atoms. The molecule has 0 aromatic heterocycles. The molecule has 4 heteroatoms. The summed E-state index contributed by atoms with van der Waals surface area (Å²) in [6.07, 6.45) is 8.94. The summed E-state index contributed by atoms with van der Waals surface area (Å²) in [6, 6.07) is 5.33. The van der Waals surface area contributed by atoms with E-state index in [1.165, 1.54) is 6.42 Å². The van der Waals surface area contributed by atoms with Gasteiger partial charge in [-0.05, 0) is 65.2 Å². The third-order valence-electron chi connectivity index (χ3n) is 4.08. The molecule has 0 spiro atoms. The highest BCUT2D eigenvalue weighted by Crippen LogP contribution is 2.39. The molecule has 3 nitrogen and oxygen atoms in total. The van der Waals surface area contributed by atoms with Crippen LogP contribution >= 0.6 is 11.6 Å². The Bertz CT molecular complexity index is 581. The van der Waals surface area contributed by atoms with Gasteiger partial charge >= 0.3 is 0 Å². The van der Waals surface area contributed by atoms with E-state index in [1.807, 2.05) is 6.07 Å². The average molecular weight is 304 g/mol. The first-order valence-corrected chi connectivity index (χ1v) is 7.62. The number of rotatable bonds is 2. The Balaban J connectivity index is 2.33. The van der Waals surface area contributed by atoms with E-state index in [-0.39, 0.29) is 11.1 Å². The number of hydrogen-bond donors (Lipinski definition) is 0. The van der Waals surface area contributed by atoms with Gasteiger partial charge in [-0.15, -0.1) is 11.5 Å². The zero-order valence-electron chi connectivity index (χ0n) is 13.2. The SMILES string of the molecule is C#Cc1cc(Cl)ccc1N=NN1C(C)(C)CCCC1(C)C. The molecular weight excluding hydrogens is 282 g/mol. The first-order valence-electron chi connectivity index (χ1n) is 7.24. The molecule has 0 saturated carbocycles. The fourth-order valence-corrected chi connectivity index (χ4v) is 3.20. The number of terminal acetylenes is 1. The van der Waals surface area contributed by atoms with Crippen molar-refractivity contribution in [3.05, 3.63) is 28.8 Å². The summed E-state index contributed by atoms with van der Waals surface area (Å²) in [5.41, 5.74) is 1.33. The number of benzene rings is 1. The van der Waals surface area contributed by atoms with Gasteiger partial charge in [0.15, 0.2) is 0 Å². The monoisotopic (exact) mass is 303 g/mol. The van der Waals surface area contributed by atoms with Gasteiger partial charge in [-0.3, -0.25) is 5.01 Å². The molecule has 0 amide bonds. The van der Waals surface area contributed by atoms with Crippen molar-refractivity contribution in [3.8, 4) is 12.3 Å². The van der Waals surface area contributed by atoms with E-state index in [0.29, 0.717) is 16.3 Å². The highest BCUT2D eigenvalue weighted by molar-refractivity contribution is 6.30. The Labute approximate surface area is 132 Å². The Morgan fingerprint density at radius 2 is 1.81 bits per heavy atom. The van der Waals surface area contributed by atoms with Crippen LogP contribution in [0.3, 0.4) is 0 Å². The van der Waals surface area contributed by atoms with E-state index in [1.54, 1.807) is 12.1 Å². The molecule has 1 aliphatic heterocycles. The number of hydrogen-bond acceptors (Lipinski definition) is 2. The molecule has 112 valence electrons. The predicted molar refractivity (Wildman–Crippen MR) is 87.8 cm³/mol. The Hall–Kier alpha value is -1.53. The first kappa shape index (κ1) is 15.9. The van der Waals surface area contributed by atoms with E-state index in [2.05, 4.69) is 49.0 Å². The lowest BCUT2D eigenvalue weighted by Crippen LogP contribution is -2.55.